The van der Waals surface area contributed by atoms with E-state index >= 15 is 0 Å². The second-order valence-corrected chi connectivity index (χ2v) is 11.0. The van der Waals surface area contributed by atoms with Crippen molar-refractivity contribution in [2.75, 3.05) is 10.6 Å². The molecule has 0 spiro atoms. The van der Waals surface area contributed by atoms with Crippen LogP contribution in [0.2, 0.25) is 0 Å². The van der Waals surface area contributed by atoms with Crippen molar-refractivity contribution in [1.82, 2.24) is 39.7 Å². The van der Waals surface area contributed by atoms with Crippen LogP contribution in [0, 0.1) is 0 Å². The normalized spacial score (nSPS) is 19.6. The van der Waals surface area contributed by atoms with Gasteiger partial charge in [0.2, 0.25) is 35.1 Å². The number of aromatic nitrogens is 6. The van der Waals surface area contributed by atoms with Crippen LogP contribution >= 0.6 is 0 Å². The fraction of sp³-hybridized carbons (Fsp3) is 0.156. The largest absolute Gasteiger partial charge is 0.490 e. The fourth-order valence-corrected chi connectivity index (χ4v) is 5.74. The molecule has 0 saturated carbocycles. The minimum absolute atomic E-state index is 0.475. The Morgan fingerprint density at radius 2 is 1.14 bits per heavy atom. The zero-order valence-corrected chi connectivity index (χ0v) is 25.8. The number of guanidine groups is 2. The summed E-state index contributed by atoms with van der Waals surface area (Å²) in [5, 5.41) is 21.1. The van der Waals surface area contributed by atoms with Crippen molar-refractivity contribution in [2.45, 2.75) is 17.5 Å². The van der Waals surface area contributed by atoms with E-state index in [-0.39, 0.29) is 0 Å². The van der Waals surface area contributed by atoms with Crippen molar-refractivity contribution in [1.29, 1.82) is 0 Å². The molecule has 17 heteroatoms. The first-order valence-corrected chi connectivity index (χ1v) is 14.8. The Labute approximate surface area is 275 Å². The smallest absolute Gasteiger partial charge is 0.475 e. The van der Waals surface area contributed by atoms with Crippen LogP contribution in [0.4, 0.5) is 25.1 Å². The number of para-hydroxylation sites is 4. The Morgan fingerprint density at radius 3 is 1.55 bits per heavy atom. The zero-order valence-electron chi connectivity index (χ0n) is 25.8. The summed E-state index contributed by atoms with van der Waals surface area (Å²) in [5.74, 6) is -0.536. The molecule has 0 aliphatic carbocycles. The van der Waals surface area contributed by atoms with Gasteiger partial charge in [-0.1, -0.05) is 36.4 Å². The molecule has 0 radical (unpaired) electrons. The molecule has 0 fully saturated rings. The number of alkyl halides is 3. The van der Waals surface area contributed by atoms with Gasteiger partial charge in [0.15, 0.2) is 0 Å². The van der Waals surface area contributed by atoms with Crippen LogP contribution in [0.25, 0.3) is 22.1 Å². The highest BCUT2D eigenvalue weighted by Crippen LogP contribution is 2.48. The van der Waals surface area contributed by atoms with Crippen LogP contribution in [0.5, 0.6) is 0 Å². The van der Waals surface area contributed by atoms with Gasteiger partial charge in [-0.2, -0.15) is 13.2 Å². The summed E-state index contributed by atoms with van der Waals surface area (Å²) in [6.45, 7) is 0. The number of carboxylic acids is 1. The van der Waals surface area contributed by atoms with E-state index < -0.39 is 23.5 Å². The van der Waals surface area contributed by atoms with E-state index in [0.29, 0.717) is 35.2 Å². The van der Waals surface area contributed by atoms with Crippen LogP contribution in [0.15, 0.2) is 107 Å². The fourth-order valence-electron chi connectivity index (χ4n) is 5.74. The van der Waals surface area contributed by atoms with E-state index in [0.717, 1.165) is 22.1 Å². The summed E-state index contributed by atoms with van der Waals surface area (Å²) >= 11 is 0. The average molecular weight is 669 g/mol. The topological polar surface area (TPSA) is 172 Å². The number of aryl methyl sites for hydroxylation is 2. The van der Waals surface area contributed by atoms with Crippen LogP contribution in [0.3, 0.4) is 0 Å². The molecule has 0 bridgehead atoms. The number of nitrogens with one attached hydrogen (secondary N) is 4. The zero-order chi connectivity index (χ0) is 34.4. The maximum Gasteiger partial charge on any atom is 0.490 e. The van der Waals surface area contributed by atoms with Crippen molar-refractivity contribution in [3.05, 3.63) is 109 Å². The molecule has 8 rings (SSSR count). The van der Waals surface area contributed by atoms with Gasteiger partial charge in [-0.15, -0.1) is 0 Å². The van der Waals surface area contributed by atoms with E-state index in [2.05, 4.69) is 21.3 Å². The molecule has 248 valence electrons. The molecular formula is C32H27F3N12O2. The van der Waals surface area contributed by atoms with E-state index in [1.807, 2.05) is 108 Å². The highest BCUT2D eigenvalue weighted by molar-refractivity contribution is 6.01. The molecule has 4 aromatic heterocycles. The number of hydrogen-bond acceptors (Lipinski definition) is 11. The van der Waals surface area contributed by atoms with Crippen molar-refractivity contribution < 1.29 is 23.1 Å². The number of aliphatic imine (C=N–C) groups is 2. The number of pyridine rings is 2. The third-order valence-electron chi connectivity index (χ3n) is 8.03. The van der Waals surface area contributed by atoms with E-state index in [1.165, 1.54) is 0 Å². The van der Waals surface area contributed by atoms with E-state index in [9.17, 15) is 13.2 Å². The highest BCUT2D eigenvalue weighted by Gasteiger charge is 2.65. The SMILES string of the molecule is Cn1c(NC2=NC3(c4ccccn4)N=C(Nc4nc5ccccc5n4C)NC3(c3ccccn3)N2)nc2ccccc21.O=C(O)C(F)(F)F. The molecule has 5 N–H and O–H groups in total. The number of fused-ring (bicyclic) bond motifs is 3. The standard InChI is InChI=1S/C30H26N12.C2HF3O2/c1-41-21-13-5-3-11-19(21)33-27(41)35-25-37-29(23-15-7-9-17-31-23)30(38-25,24-16-8-10-18-32-24)40-26(39-29)36-28-34-20-12-4-6-14-22(20)42(28)2;3-2(4,5)1(6)7/h3-18H,1-2H3,(H2,33,35,37,38)(H2,34,36,39,40);(H,6,7). The third-order valence-corrected chi connectivity index (χ3v) is 8.03. The van der Waals surface area contributed by atoms with Gasteiger partial charge in [0, 0.05) is 26.5 Å². The number of anilines is 2. The quantitative estimate of drug-likeness (QED) is 0.185. The van der Waals surface area contributed by atoms with E-state index in [1.54, 1.807) is 12.4 Å². The molecule has 0 unspecified atom stereocenters. The number of carboxylic acid groups (broad SMARTS) is 1. The highest BCUT2D eigenvalue weighted by atomic mass is 19.4. The van der Waals surface area contributed by atoms with Gasteiger partial charge in [-0.3, -0.25) is 20.6 Å². The van der Waals surface area contributed by atoms with Gasteiger partial charge in [0.05, 0.1) is 33.5 Å². The Balaban J connectivity index is 0.000000491. The Kier molecular flexibility index (Phi) is 7.38. The summed E-state index contributed by atoms with van der Waals surface area (Å²) < 4.78 is 35.7. The number of halogens is 3. The second-order valence-electron chi connectivity index (χ2n) is 11.0. The molecule has 49 heavy (non-hydrogen) atoms. The summed E-state index contributed by atoms with van der Waals surface area (Å²) in [5.41, 5.74) is 2.71. The van der Waals surface area contributed by atoms with Gasteiger partial charge >= 0.3 is 12.1 Å². The molecule has 0 saturated heterocycles. The van der Waals surface area contributed by atoms with Crippen molar-refractivity contribution in [2.24, 2.45) is 24.1 Å². The molecular weight excluding hydrogens is 641 g/mol. The first-order valence-electron chi connectivity index (χ1n) is 14.8. The van der Waals surface area contributed by atoms with Gasteiger partial charge in [-0.05, 0) is 48.5 Å². The Hall–Kier alpha value is -6.52. The Bertz CT molecular complexity index is 2150. The number of carbonyl (C=O) groups is 1. The number of benzene rings is 2. The van der Waals surface area contributed by atoms with Crippen molar-refractivity contribution >= 4 is 51.9 Å². The molecule has 2 aromatic carbocycles. The minimum atomic E-state index is -5.08. The lowest BCUT2D eigenvalue weighted by molar-refractivity contribution is -0.192. The molecule has 6 heterocycles. The number of imidazole rings is 2. The van der Waals surface area contributed by atoms with Gasteiger partial charge in [-0.25, -0.2) is 24.7 Å². The summed E-state index contributed by atoms with van der Waals surface area (Å²) in [7, 11) is 3.93. The molecule has 2 aliphatic heterocycles. The maximum atomic E-state index is 10.6. The molecule has 6 aromatic rings. The predicted octanol–water partition coefficient (Wildman–Crippen LogP) is 4.03. The molecule has 0 amide bonds. The molecule has 0 atom stereocenters. The van der Waals surface area contributed by atoms with Crippen LogP contribution < -0.4 is 21.3 Å². The monoisotopic (exact) mass is 668 g/mol. The summed E-state index contributed by atoms with van der Waals surface area (Å²) in [4.78, 5) is 38.3. The number of nitrogens with zero attached hydrogens (tertiary/aromatic N) is 8. The lowest BCUT2D eigenvalue weighted by Crippen LogP contribution is -2.61. The number of rotatable bonds is 4. The van der Waals surface area contributed by atoms with Crippen molar-refractivity contribution in [3.8, 4) is 0 Å². The van der Waals surface area contributed by atoms with Crippen molar-refractivity contribution in [3.63, 3.8) is 0 Å². The first kappa shape index (κ1) is 31.1. The lowest BCUT2D eigenvalue weighted by atomic mass is 9.88. The predicted molar refractivity (Wildman–Crippen MR) is 175 cm³/mol. The second kappa shape index (κ2) is 11.6. The first-order chi connectivity index (χ1) is 23.5. The summed E-state index contributed by atoms with van der Waals surface area (Å²) in [6.07, 6.45) is -1.59. The average Bonchev–Trinajstić information content (AvgIpc) is 3.79. The van der Waals surface area contributed by atoms with Gasteiger partial charge in [0.25, 0.3) is 0 Å². The maximum absolute atomic E-state index is 10.6. The van der Waals surface area contributed by atoms with Crippen LogP contribution in [-0.2, 0) is 30.2 Å². The van der Waals surface area contributed by atoms with E-state index in [4.69, 9.17) is 39.8 Å². The molecule has 14 nitrogen and oxygen atoms in total. The van der Waals surface area contributed by atoms with Crippen LogP contribution in [-0.4, -0.2) is 58.2 Å². The number of hydrogen-bond donors (Lipinski definition) is 5. The minimum Gasteiger partial charge on any atom is -0.475 e. The van der Waals surface area contributed by atoms with Crippen LogP contribution in [0.1, 0.15) is 11.4 Å². The molecule has 2 aliphatic rings. The Morgan fingerprint density at radius 1 is 0.714 bits per heavy atom. The lowest BCUT2D eigenvalue weighted by Gasteiger charge is -2.35. The number of aliphatic carboxylic acids is 1. The third kappa shape index (κ3) is 5.30. The van der Waals surface area contributed by atoms with Gasteiger partial charge < -0.3 is 24.9 Å². The van der Waals surface area contributed by atoms with Gasteiger partial charge in [0.1, 0.15) is 0 Å². The summed E-state index contributed by atoms with van der Waals surface area (Å²) in [6, 6.07) is 27.4.